The van der Waals surface area contributed by atoms with E-state index in [9.17, 15) is 9.90 Å². The molecule has 0 aromatic heterocycles. The van der Waals surface area contributed by atoms with E-state index in [0.717, 1.165) is 0 Å². The van der Waals surface area contributed by atoms with E-state index >= 15 is 0 Å². The van der Waals surface area contributed by atoms with Crippen molar-refractivity contribution in [1.29, 1.82) is 0 Å². The first-order valence-electron chi connectivity index (χ1n) is 5.87. The van der Waals surface area contributed by atoms with Crippen molar-refractivity contribution in [1.82, 2.24) is 5.32 Å². The van der Waals surface area contributed by atoms with Gasteiger partial charge in [0.1, 0.15) is 11.5 Å². The van der Waals surface area contributed by atoms with Crippen LogP contribution >= 0.6 is 0 Å². The van der Waals surface area contributed by atoms with Gasteiger partial charge in [-0.3, -0.25) is 4.79 Å². The minimum atomic E-state index is -0.351. The predicted octanol–water partition coefficient (Wildman–Crippen LogP) is 1.11. The predicted molar refractivity (Wildman–Crippen MR) is 69.8 cm³/mol. The summed E-state index contributed by atoms with van der Waals surface area (Å²) in [6.45, 7) is 4.31. The average Bonchev–Trinajstić information content (AvgIpc) is 2.35. The summed E-state index contributed by atoms with van der Waals surface area (Å²) in [6.07, 6.45) is 0. The van der Waals surface area contributed by atoms with E-state index in [4.69, 9.17) is 10.5 Å². The first-order chi connectivity index (χ1) is 8.49. The molecule has 0 radical (unpaired) electrons. The number of phenols is 1. The van der Waals surface area contributed by atoms with Crippen molar-refractivity contribution in [2.45, 2.75) is 19.9 Å². The van der Waals surface area contributed by atoms with Gasteiger partial charge in [-0.2, -0.15) is 0 Å². The number of rotatable bonds is 5. The molecule has 100 valence electrons. The van der Waals surface area contributed by atoms with Crippen LogP contribution in [0.5, 0.6) is 11.5 Å². The summed E-state index contributed by atoms with van der Waals surface area (Å²) in [5, 5.41) is 12.5. The van der Waals surface area contributed by atoms with E-state index in [0.29, 0.717) is 12.3 Å². The van der Waals surface area contributed by atoms with Gasteiger partial charge >= 0.3 is 0 Å². The van der Waals surface area contributed by atoms with Crippen LogP contribution in [0.4, 0.5) is 0 Å². The molecule has 18 heavy (non-hydrogen) atoms. The van der Waals surface area contributed by atoms with E-state index < -0.39 is 0 Å². The minimum absolute atomic E-state index is 0.0761. The molecular weight excluding hydrogens is 232 g/mol. The number of hydrogen-bond acceptors (Lipinski definition) is 4. The van der Waals surface area contributed by atoms with Gasteiger partial charge in [0.2, 0.25) is 0 Å². The molecule has 0 aliphatic rings. The number of phenolic OH excluding ortho intramolecular Hbond substituents is 1. The van der Waals surface area contributed by atoms with Crippen molar-refractivity contribution < 1.29 is 14.6 Å². The van der Waals surface area contributed by atoms with Crippen molar-refractivity contribution in [3.05, 3.63) is 23.8 Å². The Morgan fingerprint density at radius 3 is 2.67 bits per heavy atom. The Labute approximate surface area is 107 Å². The number of methoxy groups -OCH3 is 1. The van der Waals surface area contributed by atoms with Crippen LogP contribution in [0, 0.1) is 5.92 Å². The zero-order valence-corrected chi connectivity index (χ0v) is 10.9. The van der Waals surface area contributed by atoms with Gasteiger partial charge in [0.05, 0.1) is 12.7 Å². The summed E-state index contributed by atoms with van der Waals surface area (Å²) in [5.74, 6) is 0.321. The maximum absolute atomic E-state index is 12.0. The second-order valence-corrected chi connectivity index (χ2v) is 4.44. The lowest BCUT2D eigenvalue weighted by Gasteiger charge is -2.20. The summed E-state index contributed by atoms with van der Waals surface area (Å²) in [7, 11) is 1.50. The molecule has 5 nitrogen and oxygen atoms in total. The fourth-order valence-electron chi connectivity index (χ4n) is 1.57. The molecular formula is C13H20N2O3. The van der Waals surface area contributed by atoms with Crippen LogP contribution < -0.4 is 15.8 Å². The van der Waals surface area contributed by atoms with Crippen LogP contribution in [-0.4, -0.2) is 30.7 Å². The molecule has 0 saturated carbocycles. The van der Waals surface area contributed by atoms with Crippen LogP contribution in [0.15, 0.2) is 18.2 Å². The summed E-state index contributed by atoms with van der Waals surface area (Å²) in [4.78, 5) is 12.0. The SMILES string of the molecule is COc1ccc(O)c(C(=O)NC(CN)C(C)C)c1. The van der Waals surface area contributed by atoms with Gasteiger partial charge in [0.15, 0.2) is 0 Å². The molecule has 1 atom stereocenters. The number of aromatic hydroxyl groups is 1. The number of nitrogens with one attached hydrogen (secondary N) is 1. The maximum atomic E-state index is 12.0. The van der Waals surface area contributed by atoms with Gasteiger partial charge in [-0.25, -0.2) is 0 Å². The molecule has 4 N–H and O–H groups in total. The number of ether oxygens (including phenoxy) is 1. The molecule has 1 unspecified atom stereocenters. The normalized spacial score (nSPS) is 12.3. The third kappa shape index (κ3) is 3.37. The summed E-state index contributed by atoms with van der Waals surface area (Å²) in [5.41, 5.74) is 5.78. The number of amides is 1. The van der Waals surface area contributed by atoms with Crippen LogP contribution in [0.1, 0.15) is 24.2 Å². The molecule has 0 spiro atoms. The van der Waals surface area contributed by atoms with Gasteiger partial charge in [0, 0.05) is 12.6 Å². The Morgan fingerprint density at radius 1 is 1.50 bits per heavy atom. The Morgan fingerprint density at radius 2 is 2.17 bits per heavy atom. The summed E-state index contributed by atoms with van der Waals surface area (Å²) < 4.78 is 5.02. The highest BCUT2D eigenvalue weighted by molar-refractivity contribution is 5.97. The van der Waals surface area contributed by atoms with E-state index in [-0.39, 0.29) is 29.2 Å². The third-order valence-corrected chi connectivity index (χ3v) is 2.82. The van der Waals surface area contributed by atoms with Crippen LogP contribution in [0.25, 0.3) is 0 Å². The molecule has 0 aliphatic heterocycles. The van der Waals surface area contributed by atoms with Crippen molar-refractivity contribution in [2.24, 2.45) is 11.7 Å². The standard InChI is InChI=1S/C13H20N2O3/c1-8(2)11(7-14)15-13(17)10-6-9(18-3)4-5-12(10)16/h4-6,8,11,16H,7,14H2,1-3H3,(H,15,17). The highest BCUT2D eigenvalue weighted by Gasteiger charge is 2.18. The lowest BCUT2D eigenvalue weighted by Crippen LogP contribution is -2.43. The van der Waals surface area contributed by atoms with Gasteiger partial charge in [-0.15, -0.1) is 0 Å². The summed E-state index contributed by atoms with van der Waals surface area (Å²) >= 11 is 0. The second-order valence-electron chi connectivity index (χ2n) is 4.44. The molecule has 0 fully saturated rings. The van der Waals surface area contributed by atoms with Gasteiger partial charge in [0.25, 0.3) is 5.91 Å². The largest absolute Gasteiger partial charge is 0.507 e. The number of carbonyl (C=O) groups is 1. The van der Waals surface area contributed by atoms with E-state index in [1.54, 1.807) is 6.07 Å². The zero-order valence-electron chi connectivity index (χ0n) is 10.9. The lowest BCUT2D eigenvalue weighted by atomic mass is 10.0. The molecule has 1 rings (SSSR count). The number of benzene rings is 1. The Kier molecular flexibility index (Phi) is 4.97. The molecule has 1 amide bonds. The fraction of sp³-hybridized carbons (Fsp3) is 0.462. The average molecular weight is 252 g/mol. The molecule has 0 saturated heterocycles. The van der Waals surface area contributed by atoms with Gasteiger partial charge < -0.3 is 20.9 Å². The topological polar surface area (TPSA) is 84.6 Å². The first kappa shape index (κ1) is 14.3. The molecule has 0 aliphatic carbocycles. The summed E-state index contributed by atoms with van der Waals surface area (Å²) in [6, 6.07) is 4.40. The Bertz CT molecular complexity index is 419. The first-order valence-corrected chi connectivity index (χ1v) is 5.87. The maximum Gasteiger partial charge on any atom is 0.255 e. The second kappa shape index (κ2) is 6.26. The Hall–Kier alpha value is -1.75. The number of nitrogens with two attached hydrogens (primary N) is 1. The van der Waals surface area contributed by atoms with Crippen molar-refractivity contribution in [3.8, 4) is 11.5 Å². The van der Waals surface area contributed by atoms with Crippen molar-refractivity contribution >= 4 is 5.91 Å². The molecule has 1 aromatic carbocycles. The zero-order chi connectivity index (χ0) is 13.7. The van der Waals surface area contributed by atoms with Crippen molar-refractivity contribution in [3.63, 3.8) is 0 Å². The van der Waals surface area contributed by atoms with Crippen molar-refractivity contribution in [2.75, 3.05) is 13.7 Å². The van der Waals surface area contributed by atoms with Crippen LogP contribution in [0.2, 0.25) is 0 Å². The highest BCUT2D eigenvalue weighted by Crippen LogP contribution is 2.22. The van der Waals surface area contributed by atoms with Crippen LogP contribution in [0.3, 0.4) is 0 Å². The van der Waals surface area contributed by atoms with E-state index in [1.807, 2.05) is 13.8 Å². The smallest absolute Gasteiger partial charge is 0.255 e. The lowest BCUT2D eigenvalue weighted by molar-refractivity contribution is 0.0924. The Balaban J connectivity index is 2.89. The quantitative estimate of drug-likeness (QED) is 0.733. The fourth-order valence-corrected chi connectivity index (χ4v) is 1.57. The van der Waals surface area contributed by atoms with Crippen LogP contribution in [-0.2, 0) is 0 Å². The van der Waals surface area contributed by atoms with Gasteiger partial charge in [-0.1, -0.05) is 13.8 Å². The minimum Gasteiger partial charge on any atom is -0.507 e. The van der Waals surface area contributed by atoms with E-state index in [2.05, 4.69) is 5.32 Å². The third-order valence-electron chi connectivity index (χ3n) is 2.82. The number of hydrogen-bond donors (Lipinski definition) is 3. The molecule has 0 bridgehead atoms. The van der Waals surface area contributed by atoms with Gasteiger partial charge in [-0.05, 0) is 24.1 Å². The monoisotopic (exact) mass is 252 g/mol. The molecule has 0 heterocycles. The molecule has 5 heteroatoms. The number of carbonyl (C=O) groups excluding carboxylic acids is 1. The highest BCUT2D eigenvalue weighted by atomic mass is 16.5. The van der Waals surface area contributed by atoms with E-state index in [1.165, 1.54) is 19.2 Å². The molecule has 1 aromatic rings.